The largest absolute Gasteiger partial charge is 0.476 e. The molecule has 0 saturated carbocycles. The van der Waals surface area contributed by atoms with Gasteiger partial charge < -0.3 is 10.2 Å². The number of hydrogen-bond donors (Lipinski definition) is 2. The summed E-state index contributed by atoms with van der Waals surface area (Å²) >= 11 is 0. The van der Waals surface area contributed by atoms with Gasteiger partial charge in [0.2, 0.25) is 0 Å². The maximum atomic E-state index is 10.9. The van der Waals surface area contributed by atoms with Gasteiger partial charge in [0.1, 0.15) is 0 Å². The van der Waals surface area contributed by atoms with Crippen molar-refractivity contribution < 1.29 is 15.0 Å². The zero-order valence-corrected chi connectivity index (χ0v) is 9.01. The smallest absolute Gasteiger partial charge is 0.358 e. The summed E-state index contributed by atoms with van der Waals surface area (Å²) in [6, 6.07) is -0.261. The van der Waals surface area contributed by atoms with E-state index in [-0.39, 0.29) is 24.3 Å². The molecule has 0 amide bonds. The van der Waals surface area contributed by atoms with E-state index in [1.165, 1.54) is 4.68 Å². The average molecular weight is 213 g/mol. The normalized spacial score (nSPS) is 13.1. The fraction of sp³-hybridized carbons (Fsp3) is 0.667. The molecule has 0 saturated heterocycles. The predicted molar refractivity (Wildman–Crippen MR) is 52.9 cm³/mol. The van der Waals surface area contributed by atoms with Crippen molar-refractivity contribution in [2.45, 2.75) is 32.7 Å². The fourth-order valence-electron chi connectivity index (χ4n) is 1.39. The maximum absolute atomic E-state index is 10.9. The van der Waals surface area contributed by atoms with Crippen LogP contribution in [0.4, 0.5) is 0 Å². The number of carbonyl (C=O) groups is 1. The predicted octanol–water partition coefficient (Wildman–Crippen LogP) is 0.653. The zero-order chi connectivity index (χ0) is 11.6. The van der Waals surface area contributed by atoms with E-state index in [9.17, 15) is 4.79 Å². The lowest BCUT2D eigenvalue weighted by molar-refractivity contribution is 0.0688. The van der Waals surface area contributed by atoms with E-state index in [4.69, 9.17) is 10.2 Å². The van der Waals surface area contributed by atoms with E-state index in [1.54, 1.807) is 6.92 Å². The zero-order valence-electron chi connectivity index (χ0n) is 9.01. The van der Waals surface area contributed by atoms with Gasteiger partial charge in [0.15, 0.2) is 5.69 Å². The van der Waals surface area contributed by atoms with Crippen molar-refractivity contribution in [3.05, 3.63) is 11.4 Å². The van der Waals surface area contributed by atoms with E-state index >= 15 is 0 Å². The number of aliphatic hydroxyl groups excluding tert-OH is 1. The quantitative estimate of drug-likeness (QED) is 0.766. The molecule has 84 valence electrons. The van der Waals surface area contributed by atoms with Crippen molar-refractivity contribution >= 4 is 5.97 Å². The molecule has 1 unspecified atom stereocenters. The van der Waals surface area contributed by atoms with Gasteiger partial charge in [-0.05, 0) is 12.8 Å². The van der Waals surface area contributed by atoms with Crippen molar-refractivity contribution in [2.75, 3.05) is 6.61 Å². The molecule has 1 atom stereocenters. The second kappa shape index (κ2) is 4.39. The molecule has 1 aromatic heterocycles. The Hall–Kier alpha value is -1.43. The van der Waals surface area contributed by atoms with Crippen LogP contribution in [0.5, 0.6) is 0 Å². The van der Waals surface area contributed by atoms with Crippen LogP contribution in [0.2, 0.25) is 0 Å². The summed E-state index contributed by atoms with van der Waals surface area (Å²) in [7, 11) is 0. The summed E-state index contributed by atoms with van der Waals surface area (Å²) in [5.41, 5.74) is 0.509. The van der Waals surface area contributed by atoms with Crippen LogP contribution in [0.3, 0.4) is 0 Å². The third kappa shape index (κ3) is 2.15. The summed E-state index contributed by atoms with van der Waals surface area (Å²) in [5.74, 6) is -1.09. The molecule has 0 aliphatic heterocycles. The molecule has 15 heavy (non-hydrogen) atoms. The van der Waals surface area contributed by atoms with Crippen molar-refractivity contribution in [3.63, 3.8) is 0 Å². The van der Waals surface area contributed by atoms with Gasteiger partial charge in [0.05, 0.1) is 18.3 Å². The van der Waals surface area contributed by atoms with Crippen molar-refractivity contribution in [1.29, 1.82) is 0 Å². The van der Waals surface area contributed by atoms with Gasteiger partial charge in [-0.25, -0.2) is 9.48 Å². The Morgan fingerprint density at radius 3 is 2.47 bits per heavy atom. The van der Waals surface area contributed by atoms with Gasteiger partial charge in [-0.1, -0.05) is 19.1 Å². The van der Waals surface area contributed by atoms with E-state index in [0.29, 0.717) is 5.69 Å². The molecule has 2 N–H and O–H groups in total. The first kappa shape index (κ1) is 11.6. The number of aromatic carboxylic acids is 1. The Labute approximate surface area is 87.5 Å². The van der Waals surface area contributed by atoms with Crippen LogP contribution < -0.4 is 0 Å². The lowest BCUT2D eigenvalue weighted by Gasteiger charge is -2.14. The second-order valence-corrected chi connectivity index (χ2v) is 3.76. The van der Waals surface area contributed by atoms with E-state index in [1.807, 2.05) is 13.8 Å². The summed E-state index contributed by atoms with van der Waals surface area (Å²) in [5, 5.41) is 25.3. The summed E-state index contributed by atoms with van der Waals surface area (Å²) in [4.78, 5) is 10.9. The maximum Gasteiger partial charge on any atom is 0.358 e. The lowest BCUT2D eigenvalue weighted by atomic mass is 10.1. The van der Waals surface area contributed by atoms with Crippen LogP contribution in [0.25, 0.3) is 0 Å². The second-order valence-electron chi connectivity index (χ2n) is 3.76. The molecule has 1 heterocycles. The van der Waals surface area contributed by atoms with E-state index in [0.717, 1.165) is 0 Å². The highest BCUT2D eigenvalue weighted by Gasteiger charge is 2.23. The molecule has 0 aliphatic rings. The van der Waals surface area contributed by atoms with Crippen LogP contribution in [-0.2, 0) is 0 Å². The van der Waals surface area contributed by atoms with Gasteiger partial charge in [-0.15, -0.1) is 5.10 Å². The number of rotatable bonds is 4. The van der Waals surface area contributed by atoms with E-state index < -0.39 is 5.97 Å². The average Bonchev–Trinajstić information content (AvgIpc) is 2.60. The van der Waals surface area contributed by atoms with Crippen LogP contribution in [-0.4, -0.2) is 37.8 Å². The number of aromatic nitrogens is 3. The Kier molecular flexibility index (Phi) is 3.41. The van der Waals surface area contributed by atoms with Gasteiger partial charge in [-0.2, -0.15) is 0 Å². The van der Waals surface area contributed by atoms with Crippen LogP contribution >= 0.6 is 0 Å². The Balaban J connectivity index is 3.24. The minimum atomic E-state index is -1.09. The number of carboxylic acid groups (broad SMARTS) is 1. The summed E-state index contributed by atoms with van der Waals surface area (Å²) < 4.78 is 1.47. The number of nitrogens with zero attached hydrogens (tertiary/aromatic N) is 3. The highest BCUT2D eigenvalue weighted by Crippen LogP contribution is 2.20. The topological polar surface area (TPSA) is 88.2 Å². The molecule has 0 fully saturated rings. The van der Waals surface area contributed by atoms with Crippen molar-refractivity contribution in [3.8, 4) is 0 Å². The Morgan fingerprint density at radius 1 is 1.47 bits per heavy atom. The third-order valence-electron chi connectivity index (χ3n) is 2.16. The van der Waals surface area contributed by atoms with Crippen molar-refractivity contribution in [2.24, 2.45) is 0 Å². The summed E-state index contributed by atoms with van der Waals surface area (Å²) in [6.45, 7) is 5.39. The van der Waals surface area contributed by atoms with Crippen LogP contribution in [0.1, 0.15) is 48.9 Å². The van der Waals surface area contributed by atoms with Gasteiger partial charge >= 0.3 is 5.97 Å². The minimum absolute atomic E-state index is 0.0000926. The lowest BCUT2D eigenvalue weighted by Crippen LogP contribution is -2.16. The highest BCUT2D eigenvalue weighted by molar-refractivity contribution is 5.86. The number of hydrogen-bond acceptors (Lipinski definition) is 4. The molecule has 0 radical (unpaired) electrons. The first-order chi connectivity index (χ1) is 6.99. The Morgan fingerprint density at radius 2 is 2.07 bits per heavy atom. The molecular formula is C9H15N3O3. The van der Waals surface area contributed by atoms with Gasteiger partial charge in [0.25, 0.3) is 0 Å². The first-order valence-electron chi connectivity index (χ1n) is 4.78. The molecule has 6 heteroatoms. The minimum Gasteiger partial charge on any atom is -0.476 e. The molecule has 6 nitrogen and oxygen atoms in total. The molecule has 0 bridgehead atoms. The Bertz CT molecular complexity index is 359. The standard InChI is InChI=1S/C9H15N3O3/c1-5(2)8-7(9(14)15)10-11-12(8)6(3)4-13/h5-6,13H,4H2,1-3H3,(H,14,15). The monoisotopic (exact) mass is 213 g/mol. The highest BCUT2D eigenvalue weighted by atomic mass is 16.4. The number of carboxylic acids is 1. The molecular weight excluding hydrogens is 198 g/mol. The number of aliphatic hydroxyl groups is 1. The first-order valence-corrected chi connectivity index (χ1v) is 4.78. The third-order valence-corrected chi connectivity index (χ3v) is 2.16. The molecule has 0 aromatic carbocycles. The summed E-state index contributed by atoms with van der Waals surface area (Å²) in [6.07, 6.45) is 0. The van der Waals surface area contributed by atoms with Gasteiger partial charge in [-0.3, -0.25) is 0 Å². The molecule has 0 spiro atoms. The van der Waals surface area contributed by atoms with Crippen LogP contribution in [0.15, 0.2) is 0 Å². The van der Waals surface area contributed by atoms with Gasteiger partial charge in [0, 0.05) is 0 Å². The van der Waals surface area contributed by atoms with Crippen molar-refractivity contribution in [1.82, 2.24) is 15.0 Å². The fourth-order valence-corrected chi connectivity index (χ4v) is 1.39. The molecule has 1 aromatic rings. The van der Waals surface area contributed by atoms with E-state index in [2.05, 4.69) is 10.3 Å². The molecule has 0 aliphatic carbocycles. The SMILES string of the molecule is CC(C)c1c(C(=O)O)nnn1C(C)CO. The van der Waals surface area contributed by atoms with Crippen LogP contribution in [0, 0.1) is 0 Å². The molecule has 1 rings (SSSR count).